The maximum atomic E-state index is 5.54. The van der Waals surface area contributed by atoms with Crippen LogP contribution in [0.15, 0.2) is 27.2 Å². The number of halogens is 1. The number of nitrogen functional groups attached to an aromatic ring is 1. The molecule has 0 aliphatic carbocycles. The number of nitrogens with zero attached hydrogens (tertiary/aromatic N) is 1. The lowest BCUT2D eigenvalue weighted by Crippen LogP contribution is -1.95. The van der Waals surface area contributed by atoms with Gasteiger partial charge in [-0.2, -0.15) is 0 Å². The Morgan fingerprint density at radius 2 is 2.06 bits per heavy atom. The van der Waals surface area contributed by atoms with E-state index in [0.717, 1.165) is 15.8 Å². The van der Waals surface area contributed by atoms with Gasteiger partial charge in [0.2, 0.25) is 5.88 Å². The van der Waals surface area contributed by atoms with Crippen molar-refractivity contribution in [2.24, 2.45) is 0 Å². The van der Waals surface area contributed by atoms with Crippen LogP contribution in [0.4, 0.5) is 5.88 Å². The Bertz CT molecular complexity index is 564. The van der Waals surface area contributed by atoms with Crippen molar-refractivity contribution in [3.63, 3.8) is 0 Å². The molecular weight excluding hydrogens is 296 g/mol. The number of benzene rings is 1. The van der Waals surface area contributed by atoms with E-state index in [4.69, 9.17) is 15.0 Å². The van der Waals surface area contributed by atoms with Crippen molar-refractivity contribution >= 4 is 21.8 Å². The van der Waals surface area contributed by atoms with Gasteiger partial charge in [0.1, 0.15) is 11.4 Å². The second-order valence-electron chi connectivity index (χ2n) is 4.34. The minimum absolute atomic E-state index is 0.288. The zero-order valence-corrected chi connectivity index (χ0v) is 12.1. The third kappa shape index (κ3) is 2.36. The standard InChI is InChI=1S/C13H15BrN2O2/c1-7(2)8-5-12(17-3)9(4-10(8)14)11-6-13(15)18-16-11/h4-7H,15H2,1-3H3. The summed E-state index contributed by atoms with van der Waals surface area (Å²) in [5.41, 5.74) is 8.25. The highest BCUT2D eigenvalue weighted by molar-refractivity contribution is 9.10. The first-order valence-electron chi connectivity index (χ1n) is 5.63. The van der Waals surface area contributed by atoms with Gasteiger partial charge in [-0.1, -0.05) is 34.9 Å². The molecular formula is C13H15BrN2O2. The molecule has 2 aromatic rings. The molecule has 1 aromatic carbocycles. The van der Waals surface area contributed by atoms with Gasteiger partial charge in [0.25, 0.3) is 0 Å². The van der Waals surface area contributed by atoms with Gasteiger partial charge < -0.3 is 15.0 Å². The molecule has 0 unspecified atom stereocenters. The van der Waals surface area contributed by atoms with E-state index >= 15 is 0 Å². The minimum atomic E-state index is 0.288. The van der Waals surface area contributed by atoms with Crippen molar-refractivity contribution in [2.45, 2.75) is 19.8 Å². The molecule has 5 heteroatoms. The summed E-state index contributed by atoms with van der Waals surface area (Å²) >= 11 is 3.57. The Morgan fingerprint density at radius 3 is 2.56 bits per heavy atom. The molecule has 96 valence electrons. The average molecular weight is 311 g/mol. The summed E-state index contributed by atoms with van der Waals surface area (Å²) in [4.78, 5) is 0. The maximum Gasteiger partial charge on any atom is 0.222 e. The fourth-order valence-electron chi connectivity index (χ4n) is 1.80. The summed E-state index contributed by atoms with van der Waals surface area (Å²) < 4.78 is 11.3. The Balaban J connectivity index is 2.57. The lowest BCUT2D eigenvalue weighted by atomic mass is 10.00. The van der Waals surface area contributed by atoms with Crippen LogP contribution in [-0.4, -0.2) is 12.3 Å². The highest BCUT2D eigenvalue weighted by Crippen LogP contribution is 2.37. The van der Waals surface area contributed by atoms with Crippen LogP contribution in [0, 0.1) is 0 Å². The highest BCUT2D eigenvalue weighted by Gasteiger charge is 2.15. The van der Waals surface area contributed by atoms with Crippen molar-refractivity contribution in [1.29, 1.82) is 0 Å². The average Bonchev–Trinajstić information content (AvgIpc) is 2.75. The van der Waals surface area contributed by atoms with Crippen LogP contribution in [-0.2, 0) is 0 Å². The van der Waals surface area contributed by atoms with Crippen LogP contribution in [0.3, 0.4) is 0 Å². The molecule has 0 aliphatic rings. The third-order valence-electron chi connectivity index (χ3n) is 2.75. The smallest absolute Gasteiger partial charge is 0.222 e. The predicted octanol–water partition coefficient (Wildman–Crippen LogP) is 3.82. The zero-order valence-electron chi connectivity index (χ0n) is 10.5. The van der Waals surface area contributed by atoms with Gasteiger partial charge in [-0.25, -0.2) is 0 Å². The molecule has 2 rings (SSSR count). The predicted molar refractivity (Wildman–Crippen MR) is 74.7 cm³/mol. The molecule has 0 spiro atoms. The Morgan fingerprint density at radius 1 is 1.33 bits per heavy atom. The van der Waals surface area contributed by atoms with E-state index in [1.165, 1.54) is 5.56 Å². The van der Waals surface area contributed by atoms with E-state index in [0.29, 0.717) is 11.6 Å². The van der Waals surface area contributed by atoms with E-state index < -0.39 is 0 Å². The van der Waals surface area contributed by atoms with Gasteiger partial charge in [-0.15, -0.1) is 0 Å². The normalized spacial score (nSPS) is 10.9. The topological polar surface area (TPSA) is 61.3 Å². The Kier molecular flexibility index (Phi) is 3.61. The second kappa shape index (κ2) is 5.02. The molecule has 0 saturated heterocycles. The van der Waals surface area contributed by atoms with Gasteiger partial charge in [-0.05, 0) is 23.6 Å². The highest BCUT2D eigenvalue weighted by atomic mass is 79.9. The number of rotatable bonds is 3. The van der Waals surface area contributed by atoms with Crippen molar-refractivity contribution in [3.05, 3.63) is 28.2 Å². The lowest BCUT2D eigenvalue weighted by molar-refractivity contribution is 0.413. The molecule has 0 aliphatic heterocycles. The molecule has 1 aromatic heterocycles. The molecule has 0 fully saturated rings. The van der Waals surface area contributed by atoms with Gasteiger partial charge >= 0.3 is 0 Å². The minimum Gasteiger partial charge on any atom is -0.496 e. The van der Waals surface area contributed by atoms with E-state index in [-0.39, 0.29) is 5.88 Å². The lowest BCUT2D eigenvalue weighted by Gasteiger charge is -2.13. The number of methoxy groups -OCH3 is 1. The molecule has 0 saturated carbocycles. The summed E-state index contributed by atoms with van der Waals surface area (Å²) in [5.74, 6) is 1.45. The quantitative estimate of drug-likeness (QED) is 0.936. The van der Waals surface area contributed by atoms with Gasteiger partial charge in [-0.3, -0.25) is 0 Å². The molecule has 18 heavy (non-hydrogen) atoms. The summed E-state index contributed by atoms with van der Waals surface area (Å²) in [5, 5.41) is 3.91. The van der Waals surface area contributed by atoms with Crippen LogP contribution in [0.5, 0.6) is 5.75 Å². The van der Waals surface area contributed by atoms with Crippen LogP contribution in [0.2, 0.25) is 0 Å². The summed E-state index contributed by atoms with van der Waals surface area (Å²) in [6, 6.07) is 5.67. The second-order valence-corrected chi connectivity index (χ2v) is 5.20. The Hall–Kier alpha value is -1.49. The van der Waals surface area contributed by atoms with Crippen molar-refractivity contribution in [3.8, 4) is 17.0 Å². The van der Waals surface area contributed by atoms with Gasteiger partial charge in [0, 0.05) is 16.1 Å². The molecule has 1 heterocycles. The van der Waals surface area contributed by atoms with Crippen molar-refractivity contribution in [1.82, 2.24) is 5.16 Å². The summed E-state index contributed by atoms with van der Waals surface area (Å²) in [7, 11) is 1.64. The van der Waals surface area contributed by atoms with E-state index in [1.807, 2.05) is 12.1 Å². The van der Waals surface area contributed by atoms with Crippen LogP contribution < -0.4 is 10.5 Å². The molecule has 0 atom stereocenters. The van der Waals surface area contributed by atoms with Gasteiger partial charge in [0.15, 0.2) is 0 Å². The summed E-state index contributed by atoms with van der Waals surface area (Å²) in [6.45, 7) is 4.26. The number of ether oxygens (including phenoxy) is 1. The largest absolute Gasteiger partial charge is 0.496 e. The monoisotopic (exact) mass is 310 g/mol. The maximum absolute atomic E-state index is 5.54. The molecule has 0 bridgehead atoms. The molecule has 4 nitrogen and oxygen atoms in total. The third-order valence-corrected chi connectivity index (χ3v) is 3.43. The van der Waals surface area contributed by atoms with Gasteiger partial charge in [0.05, 0.1) is 7.11 Å². The first-order valence-corrected chi connectivity index (χ1v) is 6.42. The van der Waals surface area contributed by atoms with Crippen molar-refractivity contribution < 1.29 is 9.26 Å². The fourth-order valence-corrected chi connectivity index (χ4v) is 2.60. The van der Waals surface area contributed by atoms with Crippen molar-refractivity contribution in [2.75, 3.05) is 12.8 Å². The fraction of sp³-hybridized carbons (Fsp3) is 0.308. The first kappa shape index (κ1) is 13.0. The number of hydrogen-bond acceptors (Lipinski definition) is 4. The molecule has 0 radical (unpaired) electrons. The number of anilines is 1. The summed E-state index contributed by atoms with van der Waals surface area (Å²) in [6.07, 6.45) is 0. The molecule has 2 N–H and O–H groups in total. The first-order chi connectivity index (χ1) is 8.52. The number of aromatic nitrogens is 1. The van der Waals surface area contributed by atoms with E-state index in [2.05, 4.69) is 34.9 Å². The van der Waals surface area contributed by atoms with E-state index in [9.17, 15) is 0 Å². The van der Waals surface area contributed by atoms with E-state index in [1.54, 1.807) is 13.2 Å². The molecule has 0 amide bonds. The van der Waals surface area contributed by atoms with Crippen LogP contribution in [0.25, 0.3) is 11.3 Å². The van der Waals surface area contributed by atoms with Crippen LogP contribution in [0.1, 0.15) is 25.3 Å². The zero-order chi connectivity index (χ0) is 13.3. The SMILES string of the molecule is COc1cc(C(C)C)c(Br)cc1-c1cc(N)on1. The Labute approximate surface area is 114 Å². The number of nitrogens with two attached hydrogens (primary N) is 1. The van der Waals surface area contributed by atoms with Crippen LogP contribution >= 0.6 is 15.9 Å². The number of hydrogen-bond donors (Lipinski definition) is 1.